The van der Waals surface area contributed by atoms with Crippen molar-refractivity contribution >= 4 is 29.3 Å². The maximum atomic E-state index is 11.8. The van der Waals surface area contributed by atoms with Gasteiger partial charge in [0.15, 0.2) is 0 Å². The van der Waals surface area contributed by atoms with Crippen LogP contribution < -0.4 is 5.32 Å². The predicted octanol–water partition coefficient (Wildman–Crippen LogP) is 2.97. The lowest BCUT2D eigenvalue weighted by Gasteiger charge is -2.27. The number of esters is 1. The van der Waals surface area contributed by atoms with Crippen molar-refractivity contribution in [2.24, 2.45) is 0 Å². The Hall–Kier alpha value is -0.710. The van der Waals surface area contributed by atoms with Crippen LogP contribution in [0.15, 0.2) is 29.2 Å². The molecule has 1 atom stereocenters. The molecule has 0 aliphatic heterocycles. The second-order valence-corrected chi connectivity index (χ2v) is 5.50. The highest BCUT2D eigenvalue weighted by atomic mass is 35.5. The number of hydrogen-bond donors (Lipinski definition) is 1. The van der Waals surface area contributed by atoms with Gasteiger partial charge in [-0.3, -0.25) is 4.79 Å². The minimum atomic E-state index is -0.701. The van der Waals surface area contributed by atoms with Crippen LogP contribution in [0.4, 0.5) is 0 Å². The zero-order chi connectivity index (χ0) is 13.6. The Bertz CT molecular complexity index is 414. The van der Waals surface area contributed by atoms with Gasteiger partial charge in [0.2, 0.25) is 0 Å². The zero-order valence-electron chi connectivity index (χ0n) is 10.8. The summed E-state index contributed by atoms with van der Waals surface area (Å²) in [5.74, 6) is 0.306. The van der Waals surface area contributed by atoms with Gasteiger partial charge in [-0.2, -0.15) is 0 Å². The molecule has 1 aromatic rings. The summed E-state index contributed by atoms with van der Waals surface area (Å²) in [6, 6.07) is 7.59. The quantitative estimate of drug-likeness (QED) is 0.645. The highest BCUT2D eigenvalue weighted by Gasteiger charge is 2.33. The molecule has 3 nitrogen and oxygen atoms in total. The zero-order valence-corrected chi connectivity index (χ0v) is 12.4. The summed E-state index contributed by atoms with van der Waals surface area (Å²) in [4.78, 5) is 12.8. The fourth-order valence-corrected chi connectivity index (χ4v) is 2.93. The first-order chi connectivity index (χ1) is 8.53. The van der Waals surface area contributed by atoms with E-state index in [0.717, 1.165) is 4.90 Å². The molecule has 100 valence electrons. The molecule has 1 rings (SSSR count). The van der Waals surface area contributed by atoms with Crippen molar-refractivity contribution in [1.29, 1.82) is 0 Å². The normalized spacial score (nSPS) is 14.0. The molecule has 0 aliphatic rings. The van der Waals surface area contributed by atoms with Crippen molar-refractivity contribution in [3.8, 4) is 0 Å². The summed E-state index contributed by atoms with van der Waals surface area (Å²) in [5, 5.41) is 3.86. The second-order valence-electron chi connectivity index (χ2n) is 4.07. The van der Waals surface area contributed by atoms with Crippen LogP contribution in [0, 0.1) is 0 Å². The van der Waals surface area contributed by atoms with Gasteiger partial charge in [-0.05, 0) is 25.6 Å². The van der Waals surface area contributed by atoms with Crippen molar-refractivity contribution in [3.05, 3.63) is 29.3 Å². The summed E-state index contributed by atoms with van der Waals surface area (Å²) < 4.78 is 4.84. The highest BCUT2D eigenvalue weighted by Crippen LogP contribution is 2.29. The van der Waals surface area contributed by atoms with Crippen LogP contribution >= 0.6 is 23.4 Å². The Kier molecular flexibility index (Phi) is 5.99. The van der Waals surface area contributed by atoms with Gasteiger partial charge in [-0.25, -0.2) is 0 Å². The van der Waals surface area contributed by atoms with Gasteiger partial charge in [-0.15, -0.1) is 11.8 Å². The molecule has 0 aliphatic carbocycles. The lowest BCUT2D eigenvalue weighted by Crippen LogP contribution is -2.52. The number of likely N-dealkylation sites (N-methyl/N-ethyl adjacent to an activating group) is 1. The average molecular weight is 288 g/mol. The number of nitrogens with one attached hydrogen (secondary N) is 1. The molecule has 0 aromatic heterocycles. The van der Waals surface area contributed by atoms with E-state index in [1.807, 2.05) is 38.1 Å². The monoisotopic (exact) mass is 287 g/mol. The number of benzene rings is 1. The molecule has 5 heteroatoms. The molecule has 0 heterocycles. The third kappa shape index (κ3) is 3.90. The van der Waals surface area contributed by atoms with Gasteiger partial charge in [0.05, 0.1) is 12.1 Å². The van der Waals surface area contributed by atoms with Crippen LogP contribution in [0.3, 0.4) is 0 Å². The average Bonchev–Trinajstić information content (AvgIpc) is 2.37. The topological polar surface area (TPSA) is 38.3 Å². The minimum absolute atomic E-state index is 0.260. The summed E-state index contributed by atoms with van der Waals surface area (Å²) >= 11 is 7.63. The van der Waals surface area contributed by atoms with Gasteiger partial charge in [0.25, 0.3) is 0 Å². The van der Waals surface area contributed by atoms with Gasteiger partial charge >= 0.3 is 5.97 Å². The van der Waals surface area contributed by atoms with Crippen molar-refractivity contribution in [3.63, 3.8) is 0 Å². The largest absolute Gasteiger partial charge is 0.468 e. The van der Waals surface area contributed by atoms with Crippen LogP contribution in [0.25, 0.3) is 0 Å². The van der Waals surface area contributed by atoms with Crippen molar-refractivity contribution in [2.75, 3.05) is 19.4 Å². The van der Waals surface area contributed by atoms with Crippen LogP contribution in [0.2, 0.25) is 5.02 Å². The molecule has 0 radical (unpaired) electrons. The van der Waals surface area contributed by atoms with E-state index in [1.54, 1.807) is 11.8 Å². The Morgan fingerprint density at radius 3 is 2.72 bits per heavy atom. The molecule has 1 aromatic carbocycles. The maximum absolute atomic E-state index is 11.8. The number of halogens is 1. The lowest BCUT2D eigenvalue weighted by atomic mass is 10.1. The molecule has 18 heavy (non-hydrogen) atoms. The molecular formula is C13H18ClNO2S. The molecule has 0 saturated carbocycles. The van der Waals surface area contributed by atoms with Crippen molar-refractivity contribution in [2.45, 2.75) is 24.3 Å². The Morgan fingerprint density at radius 2 is 2.17 bits per heavy atom. The molecule has 0 fully saturated rings. The Morgan fingerprint density at radius 1 is 1.50 bits per heavy atom. The van der Waals surface area contributed by atoms with E-state index in [0.29, 0.717) is 17.3 Å². The molecular weight excluding hydrogens is 270 g/mol. The van der Waals surface area contributed by atoms with Crippen molar-refractivity contribution < 1.29 is 9.53 Å². The van der Waals surface area contributed by atoms with Crippen LogP contribution in [0.5, 0.6) is 0 Å². The third-order valence-corrected chi connectivity index (χ3v) is 4.39. The van der Waals surface area contributed by atoms with Crippen molar-refractivity contribution in [1.82, 2.24) is 5.32 Å². The molecule has 0 bridgehead atoms. The number of methoxy groups -OCH3 is 1. The Labute approximate surface area is 117 Å². The number of hydrogen-bond acceptors (Lipinski definition) is 4. The SMILES string of the molecule is CCNC(C)(CSc1ccccc1Cl)C(=O)OC. The first kappa shape index (κ1) is 15.3. The number of carbonyl (C=O) groups is 1. The predicted molar refractivity (Wildman–Crippen MR) is 76.3 cm³/mol. The number of thioether (sulfide) groups is 1. The van der Waals surface area contributed by atoms with Gasteiger partial charge in [0, 0.05) is 10.6 Å². The van der Waals surface area contributed by atoms with Crippen LogP contribution in [-0.4, -0.2) is 30.9 Å². The summed E-state index contributed by atoms with van der Waals surface area (Å²) in [6.07, 6.45) is 0. The smallest absolute Gasteiger partial charge is 0.326 e. The molecule has 0 amide bonds. The minimum Gasteiger partial charge on any atom is -0.468 e. The third-order valence-electron chi connectivity index (χ3n) is 2.56. The number of rotatable bonds is 6. The van der Waals surface area contributed by atoms with E-state index in [-0.39, 0.29) is 5.97 Å². The summed E-state index contributed by atoms with van der Waals surface area (Å²) in [5.41, 5.74) is -0.701. The van der Waals surface area contributed by atoms with E-state index in [2.05, 4.69) is 5.32 Å². The molecule has 1 N–H and O–H groups in total. The van der Waals surface area contributed by atoms with E-state index in [9.17, 15) is 4.79 Å². The standard InChI is InChI=1S/C13H18ClNO2S/c1-4-15-13(2,12(16)17-3)9-18-11-8-6-5-7-10(11)14/h5-8,15H,4,9H2,1-3H3. The second kappa shape index (κ2) is 7.02. The first-order valence-corrected chi connectivity index (χ1v) is 7.10. The van der Waals surface area contributed by atoms with Gasteiger partial charge < -0.3 is 10.1 Å². The first-order valence-electron chi connectivity index (χ1n) is 5.74. The summed E-state index contributed by atoms with van der Waals surface area (Å²) in [7, 11) is 1.40. The van der Waals surface area contributed by atoms with E-state index < -0.39 is 5.54 Å². The van der Waals surface area contributed by atoms with Crippen LogP contribution in [-0.2, 0) is 9.53 Å². The Balaban J connectivity index is 2.74. The van der Waals surface area contributed by atoms with E-state index in [4.69, 9.17) is 16.3 Å². The fourth-order valence-electron chi connectivity index (χ4n) is 1.58. The molecule has 0 saturated heterocycles. The van der Waals surface area contributed by atoms with Gasteiger partial charge in [-0.1, -0.05) is 30.7 Å². The van der Waals surface area contributed by atoms with E-state index in [1.165, 1.54) is 7.11 Å². The number of carbonyl (C=O) groups excluding carboxylic acids is 1. The van der Waals surface area contributed by atoms with Gasteiger partial charge in [0.1, 0.15) is 5.54 Å². The molecule has 1 unspecified atom stereocenters. The maximum Gasteiger partial charge on any atom is 0.326 e. The number of ether oxygens (including phenoxy) is 1. The fraction of sp³-hybridized carbons (Fsp3) is 0.462. The highest BCUT2D eigenvalue weighted by molar-refractivity contribution is 7.99. The molecule has 0 spiro atoms. The van der Waals surface area contributed by atoms with Crippen LogP contribution in [0.1, 0.15) is 13.8 Å². The lowest BCUT2D eigenvalue weighted by molar-refractivity contribution is -0.146. The van der Waals surface area contributed by atoms with E-state index >= 15 is 0 Å². The summed E-state index contributed by atoms with van der Waals surface area (Å²) in [6.45, 7) is 4.50.